The quantitative estimate of drug-likeness (QED) is 0.0707. The summed E-state index contributed by atoms with van der Waals surface area (Å²) in [4.78, 5) is 39.7. The maximum Gasteiger partial charge on any atom is 4.00 e. The van der Waals surface area contributed by atoms with Gasteiger partial charge in [0.25, 0.3) is 40.5 Å². The van der Waals surface area contributed by atoms with Crippen molar-refractivity contribution in [2.45, 2.75) is 45.3 Å². The van der Waals surface area contributed by atoms with Gasteiger partial charge in [-0.15, -0.1) is 0 Å². The molecular weight excluding hydrogens is 1110 g/mol. The minimum atomic E-state index is -4.29. The van der Waals surface area contributed by atoms with Crippen molar-refractivity contribution in [3.05, 3.63) is 119 Å². The molecule has 0 heterocycles. The summed E-state index contributed by atoms with van der Waals surface area (Å²) in [6, 6.07) is 23.1. The predicted molar refractivity (Wildman–Crippen MR) is 220 cm³/mol. The minimum absolute atomic E-state index is 0. The van der Waals surface area contributed by atoms with Gasteiger partial charge in [0.15, 0.2) is 0 Å². The molecule has 360 valence electrons. The van der Waals surface area contributed by atoms with Gasteiger partial charge in [-0.05, 0) is 72.2 Å². The predicted octanol–water partition coefficient (Wildman–Crippen LogP) is 0.967. The van der Waals surface area contributed by atoms with Crippen LogP contribution in [0.3, 0.4) is 0 Å². The fraction of sp³-hybridized carbons (Fsp3) is 0.250. The summed E-state index contributed by atoms with van der Waals surface area (Å²) in [6.07, 6.45) is 0.368. The summed E-state index contributed by atoms with van der Waals surface area (Å²) in [6.45, 7) is -0.580. The Hall–Kier alpha value is -2.00. The molecule has 0 aliphatic heterocycles. The summed E-state index contributed by atoms with van der Waals surface area (Å²) in [5.41, 5.74) is 1.25. The van der Waals surface area contributed by atoms with Gasteiger partial charge in [0.1, 0.15) is 33.0 Å². The van der Waals surface area contributed by atoms with Gasteiger partial charge in [0.05, 0.1) is 46.0 Å². The first-order valence-corrected chi connectivity index (χ1v) is 27.9. The van der Waals surface area contributed by atoms with E-state index in [0.717, 1.165) is 0 Å². The Bertz CT molecular complexity index is 2310. The molecule has 24 nitrogen and oxygen atoms in total. The van der Waals surface area contributed by atoms with Crippen LogP contribution in [-0.4, -0.2) is 78.3 Å². The van der Waals surface area contributed by atoms with E-state index in [0.29, 0.717) is 22.3 Å². The zero-order valence-electron chi connectivity index (χ0n) is 33.0. The van der Waals surface area contributed by atoms with Crippen LogP contribution in [0.4, 0.5) is 0 Å². The molecule has 0 radical (unpaired) electrons. The van der Waals surface area contributed by atoms with Crippen LogP contribution >= 0.6 is 33.0 Å². The normalized spacial score (nSPS) is 13.4. The number of benzene rings is 4. The maximum absolute atomic E-state index is 10.9. The fourth-order valence-corrected chi connectivity index (χ4v) is 8.91. The molecule has 0 fully saturated rings. The van der Waals surface area contributed by atoms with Crippen LogP contribution < -0.4 is 19.6 Å². The van der Waals surface area contributed by atoms with Crippen LogP contribution in [0.1, 0.15) is 22.3 Å². The van der Waals surface area contributed by atoms with Gasteiger partial charge >= 0.3 is 26.2 Å². The van der Waals surface area contributed by atoms with E-state index in [1.54, 1.807) is 24.3 Å². The van der Waals surface area contributed by atoms with Crippen LogP contribution in [0.2, 0.25) is 0 Å². The Labute approximate surface area is 395 Å². The topological polar surface area (TPSA) is 415 Å². The standard InChI is InChI=1S/4C8H11O6PS.Zr/c4*9-15(10)14-6-5-7-3-1-2-4-8(7)16(11,12)13;/h4*1-4,15H,5-6H2,(H,9,10)(H,11,12,13);/q;;;;+4/p-4. The van der Waals surface area contributed by atoms with Crippen molar-refractivity contribution in [3.8, 4) is 0 Å². The van der Waals surface area contributed by atoms with E-state index >= 15 is 0 Å². The zero-order valence-corrected chi connectivity index (χ0v) is 42.7. The molecule has 0 aromatic heterocycles. The zero-order chi connectivity index (χ0) is 48.7. The molecule has 0 amide bonds. The van der Waals surface area contributed by atoms with E-state index in [2.05, 4.69) is 18.1 Å². The van der Waals surface area contributed by atoms with E-state index in [1.165, 1.54) is 72.8 Å². The molecule has 0 aliphatic rings. The minimum Gasteiger partial charge on any atom is -0.781 e. The Morgan fingerprint density at radius 3 is 0.646 bits per heavy atom. The Kier molecular flexibility index (Phi) is 30.2. The van der Waals surface area contributed by atoms with Crippen LogP contribution in [0.25, 0.3) is 0 Å². The number of hydrogen-bond acceptors (Lipinski definition) is 20. The van der Waals surface area contributed by atoms with Gasteiger partial charge in [0, 0.05) is 0 Å². The largest absolute Gasteiger partial charge is 4.00 e. The first kappa shape index (κ1) is 63.0. The van der Waals surface area contributed by atoms with Gasteiger partial charge < -0.3 is 55.9 Å². The molecule has 4 N–H and O–H groups in total. The van der Waals surface area contributed by atoms with E-state index in [-0.39, 0.29) is 97.9 Å². The van der Waals surface area contributed by atoms with Crippen molar-refractivity contribution in [3.63, 3.8) is 0 Å². The maximum atomic E-state index is 10.9. The summed E-state index contributed by atoms with van der Waals surface area (Å²) in [5, 5.41) is 0. The summed E-state index contributed by atoms with van der Waals surface area (Å²) < 4.78 is 181. The molecule has 4 atom stereocenters. The van der Waals surface area contributed by atoms with Gasteiger partial charge in [0.2, 0.25) is 0 Å². The monoisotopic (exact) mass is 1150 g/mol. The molecule has 0 saturated heterocycles. The number of rotatable bonds is 20. The van der Waals surface area contributed by atoms with E-state index in [9.17, 15) is 71.5 Å². The third-order valence-electron chi connectivity index (χ3n) is 7.37. The summed E-state index contributed by atoms with van der Waals surface area (Å²) in [7, 11) is -30.2. The molecule has 4 unspecified atom stereocenters. The van der Waals surface area contributed by atoms with Crippen molar-refractivity contribution >= 4 is 73.5 Å². The van der Waals surface area contributed by atoms with Crippen LogP contribution in [-0.2, 0) is 129 Å². The van der Waals surface area contributed by atoms with Gasteiger partial charge in [-0.3, -0.25) is 18.2 Å². The second kappa shape index (κ2) is 31.2. The summed E-state index contributed by atoms with van der Waals surface area (Å²) >= 11 is 0. The average molecular weight is 1150 g/mol. The van der Waals surface area contributed by atoms with E-state index in [1.807, 2.05) is 0 Å². The molecule has 0 spiro atoms. The summed E-state index contributed by atoms with van der Waals surface area (Å²) in [5.74, 6) is 0. The average Bonchev–Trinajstić information content (AvgIpc) is 3.17. The SMILES string of the molecule is O=[PH]([O-])OCCc1ccccc1S(=O)(=O)O.O=[PH]([O-])OCCc1ccccc1S(=O)(=O)O.O=[PH]([O-])OCCc1ccccc1S(=O)(=O)O.O=[PH]([O-])OCCc1ccccc1S(=O)(=O)O.[Zr+4]. The van der Waals surface area contributed by atoms with Crippen molar-refractivity contribution < 1.29 is 134 Å². The Balaban J connectivity index is 0.000000836. The second-order valence-electron chi connectivity index (χ2n) is 11.7. The molecule has 0 aliphatic carbocycles. The molecule has 33 heteroatoms. The number of hydrogen-bond donors (Lipinski definition) is 4. The fourth-order valence-electron chi connectivity index (χ4n) is 4.83. The first-order valence-electron chi connectivity index (χ1n) is 17.2. The second-order valence-corrected chi connectivity index (χ2v) is 20.4. The third-order valence-corrected chi connectivity index (χ3v) is 12.9. The van der Waals surface area contributed by atoms with Crippen molar-refractivity contribution in [1.29, 1.82) is 0 Å². The van der Waals surface area contributed by atoms with E-state index < -0.39 is 73.5 Å². The molecule has 4 aromatic rings. The van der Waals surface area contributed by atoms with Crippen molar-refractivity contribution in [2.24, 2.45) is 0 Å². The van der Waals surface area contributed by atoms with Crippen molar-refractivity contribution in [1.82, 2.24) is 0 Å². The molecule has 0 saturated carbocycles. The third kappa shape index (κ3) is 27.6. The van der Waals surface area contributed by atoms with E-state index in [4.69, 9.17) is 18.2 Å². The molecular formula is C32H40O24P4S4Zr. The molecule has 4 rings (SSSR count). The Morgan fingerprint density at radius 2 is 0.508 bits per heavy atom. The smallest absolute Gasteiger partial charge is 0.781 e. The van der Waals surface area contributed by atoms with Crippen LogP contribution in [0.15, 0.2) is 117 Å². The Morgan fingerprint density at radius 1 is 0.354 bits per heavy atom. The van der Waals surface area contributed by atoms with Crippen LogP contribution in [0.5, 0.6) is 0 Å². The molecule has 65 heavy (non-hydrogen) atoms. The van der Waals surface area contributed by atoms with Gasteiger partial charge in [-0.1, -0.05) is 72.8 Å². The van der Waals surface area contributed by atoms with Crippen LogP contribution in [0, 0.1) is 0 Å². The molecule has 4 aromatic carbocycles. The van der Waals surface area contributed by atoms with Crippen molar-refractivity contribution in [2.75, 3.05) is 26.4 Å². The van der Waals surface area contributed by atoms with Gasteiger partial charge in [-0.25, -0.2) is 0 Å². The molecule has 0 bridgehead atoms. The first-order chi connectivity index (χ1) is 29.6. The van der Waals surface area contributed by atoms with Gasteiger partial charge in [-0.2, -0.15) is 33.7 Å².